The lowest BCUT2D eigenvalue weighted by atomic mass is 9.98. The van der Waals surface area contributed by atoms with Crippen LogP contribution in [0.2, 0.25) is 0 Å². The van der Waals surface area contributed by atoms with Gasteiger partial charge in [-0.05, 0) is 37.1 Å². The molecule has 3 heterocycles. The fourth-order valence-corrected chi connectivity index (χ4v) is 3.96. The molecular weight excluding hydrogens is 313 g/mol. The number of likely N-dealkylation sites (tertiary alicyclic amines) is 1. The van der Waals surface area contributed by atoms with E-state index in [0.29, 0.717) is 18.2 Å². The third-order valence-electron chi connectivity index (χ3n) is 4.32. The molecule has 0 bridgehead atoms. The average Bonchev–Trinajstić information content (AvgIpc) is 3.23. The van der Waals surface area contributed by atoms with Crippen molar-refractivity contribution in [2.75, 3.05) is 13.1 Å². The molecule has 0 saturated carbocycles. The van der Waals surface area contributed by atoms with E-state index in [9.17, 15) is 9.18 Å². The number of benzene rings is 1. The van der Waals surface area contributed by atoms with E-state index in [4.69, 9.17) is 0 Å². The maximum absolute atomic E-state index is 13.3. The maximum Gasteiger partial charge on any atom is 0.270 e. The van der Waals surface area contributed by atoms with E-state index in [1.54, 1.807) is 23.5 Å². The van der Waals surface area contributed by atoms with Crippen molar-refractivity contribution >= 4 is 28.1 Å². The molecule has 0 spiro atoms. The van der Waals surface area contributed by atoms with Crippen LogP contribution in [0.3, 0.4) is 0 Å². The number of piperidine rings is 1. The molecule has 3 aromatic rings. The predicted molar refractivity (Wildman–Crippen MR) is 88.2 cm³/mol. The predicted octanol–water partition coefficient (Wildman–Crippen LogP) is 3.78. The van der Waals surface area contributed by atoms with Crippen LogP contribution in [0.5, 0.6) is 0 Å². The molecule has 1 N–H and O–H groups in total. The SMILES string of the molecule is O=C(c1cc2cc(F)ccc2[nH]1)N1CCC[C@H](c2nccs2)C1. The molecule has 0 aliphatic carbocycles. The number of carbonyl (C=O) groups excluding carboxylic acids is 1. The number of carbonyl (C=O) groups is 1. The van der Waals surface area contributed by atoms with Crippen molar-refractivity contribution in [1.29, 1.82) is 0 Å². The number of halogens is 1. The van der Waals surface area contributed by atoms with Crippen LogP contribution >= 0.6 is 11.3 Å². The second kappa shape index (κ2) is 5.77. The minimum absolute atomic E-state index is 0.0251. The molecule has 1 fully saturated rings. The van der Waals surface area contributed by atoms with Gasteiger partial charge in [-0.2, -0.15) is 0 Å². The van der Waals surface area contributed by atoms with Gasteiger partial charge < -0.3 is 9.88 Å². The summed E-state index contributed by atoms with van der Waals surface area (Å²) < 4.78 is 13.3. The largest absolute Gasteiger partial charge is 0.351 e. The lowest BCUT2D eigenvalue weighted by molar-refractivity contribution is 0.0702. The number of H-pyrrole nitrogens is 1. The number of aromatic amines is 1. The Labute approximate surface area is 137 Å². The van der Waals surface area contributed by atoms with E-state index in [1.165, 1.54) is 12.1 Å². The number of hydrogen-bond donors (Lipinski definition) is 1. The fraction of sp³-hybridized carbons (Fsp3) is 0.294. The zero-order valence-electron chi connectivity index (χ0n) is 12.5. The van der Waals surface area contributed by atoms with Gasteiger partial charge in [0.05, 0.1) is 5.01 Å². The van der Waals surface area contributed by atoms with Crippen molar-refractivity contribution in [2.45, 2.75) is 18.8 Å². The molecular formula is C17H16FN3OS. The summed E-state index contributed by atoms with van der Waals surface area (Å²) >= 11 is 1.65. The molecule has 1 aromatic carbocycles. The van der Waals surface area contributed by atoms with Crippen LogP contribution in [-0.4, -0.2) is 33.9 Å². The summed E-state index contributed by atoms with van der Waals surface area (Å²) in [6.45, 7) is 1.44. The third-order valence-corrected chi connectivity index (χ3v) is 5.26. The molecule has 6 heteroatoms. The molecule has 1 atom stereocenters. The third kappa shape index (κ3) is 2.74. The van der Waals surface area contributed by atoms with E-state index in [0.717, 1.165) is 35.3 Å². The van der Waals surface area contributed by atoms with Crippen molar-refractivity contribution in [2.24, 2.45) is 0 Å². The van der Waals surface area contributed by atoms with Gasteiger partial charge in [-0.15, -0.1) is 11.3 Å². The van der Waals surface area contributed by atoms with Crippen molar-refractivity contribution in [3.05, 3.63) is 52.4 Å². The summed E-state index contributed by atoms with van der Waals surface area (Å²) in [6.07, 6.45) is 3.85. The molecule has 0 unspecified atom stereocenters. The van der Waals surface area contributed by atoms with Crippen LogP contribution in [0.1, 0.15) is 34.3 Å². The van der Waals surface area contributed by atoms with Gasteiger partial charge in [0.15, 0.2) is 0 Å². The maximum atomic E-state index is 13.3. The molecule has 1 aliphatic rings. The highest BCUT2D eigenvalue weighted by Crippen LogP contribution is 2.29. The van der Waals surface area contributed by atoms with Gasteiger partial charge >= 0.3 is 0 Å². The van der Waals surface area contributed by atoms with Crippen molar-refractivity contribution in [3.63, 3.8) is 0 Å². The van der Waals surface area contributed by atoms with Crippen molar-refractivity contribution in [3.8, 4) is 0 Å². The van der Waals surface area contributed by atoms with Crippen LogP contribution < -0.4 is 0 Å². The zero-order chi connectivity index (χ0) is 15.8. The molecule has 4 nitrogen and oxygen atoms in total. The minimum atomic E-state index is -0.294. The molecule has 1 aliphatic heterocycles. The second-order valence-electron chi connectivity index (χ2n) is 5.88. The summed E-state index contributed by atoms with van der Waals surface area (Å²) in [5, 5.41) is 3.80. The molecule has 2 aromatic heterocycles. The summed E-state index contributed by atoms with van der Waals surface area (Å²) in [5.41, 5.74) is 1.30. The van der Waals surface area contributed by atoms with Crippen LogP contribution in [0.4, 0.5) is 4.39 Å². The fourth-order valence-electron chi connectivity index (χ4n) is 3.19. The molecule has 23 heavy (non-hydrogen) atoms. The van der Waals surface area contributed by atoms with Crippen molar-refractivity contribution < 1.29 is 9.18 Å². The summed E-state index contributed by atoms with van der Waals surface area (Å²) in [5.74, 6) is -0.00491. The van der Waals surface area contributed by atoms with E-state index in [-0.39, 0.29) is 11.7 Å². The number of fused-ring (bicyclic) bond motifs is 1. The standard InChI is InChI=1S/C17H16FN3OS/c18-13-3-4-14-12(8-13)9-15(20-14)17(22)21-6-1-2-11(10-21)16-19-5-7-23-16/h3-5,7-9,11,20H,1-2,6,10H2/t11-/m0/s1. The highest BCUT2D eigenvalue weighted by Gasteiger charge is 2.27. The molecule has 1 saturated heterocycles. The topological polar surface area (TPSA) is 49.0 Å². The van der Waals surface area contributed by atoms with E-state index in [1.807, 2.05) is 16.5 Å². The van der Waals surface area contributed by atoms with Gasteiger partial charge in [0.25, 0.3) is 5.91 Å². The quantitative estimate of drug-likeness (QED) is 0.778. The number of thiazole rings is 1. The lowest BCUT2D eigenvalue weighted by Gasteiger charge is -2.31. The number of amides is 1. The van der Waals surface area contributed by atoms with Gasteiger partial charge in [0, 0.05) is 41.5 Å². The second-order valence-corrected chi connectivity index (χ2v) is 6.80. The average molecular weight is 329 g/mol. The number of hydrogen-bond acceptors (Lipinski definition) is 3. The normalized spacial score (nSPS) is 18.5. The first kappa shape index (κ1) is 14.4. The highest BCUT2D eigenvalue weighted by molar-refractivity contribution is 7.09. The Bertz CT molecular complexity index is 843. The zero-order valence-corrected chi connectivity index (χ0v) is 13.3. The summed E-state index contributed by atoms with van der Waals surface area (Å²) in [7, 11) is 0. The van der Waals surface area contributed by atoms with Crippen LogP contribution in [0.25, 0.3) is 10.9 Å². The summed E-state index contributed by atoms with van der Waals surface area (Å²) in [6, 6.07) is 6.23. The highest BCUT2D eigenvalue weighted by atomic mass is 32.1. The number of aromatic nitrogens is 2. The van der Waals surface area contributed by atoms with E-state index < -0.39 is 0 Å². The molecule has 0 radical (unpaired) electrons. The summed E-state index contributed by atoms with van der Waals surface area (Å²) in [4.78, 5) is 22.1. The van der Waals surface area contributed by atoms with Gasteiger partial charge in [0.2, 0.25) is 0 Å². The molecule has 118 valence electrons. The number of nitrogens with zero attached hydrogens (tertiary/aromatic N) is 2. The van der Waals surface area contributed by atoms with Gasteiger partial charge in [0.1, 0.15) is 11.5 Å². The van der Waals surface area contributed by atoms with Gasteiger partial charge in [-0.25, -0.2) is 9.37 Å². The number of nitrogens with one attached hydrogen (secondary N) is 1. The smallest absolute Gasteiger partial charge is 0.270 e. The Hall–Kier alpha value is -2.21. The Balaban J connectivity index is 1.57. The lowest BCUT2D eigenvalue weighted by Crippen LogP contribution is -2.39. The Morgan fingerprint density at radius 2 is 2.30 bits per heavy atom. The monoisotopic (exact) mass is 329 g/mol. The molecule has 4 rings (SSSR count). The van der Waals surface area contributed by atoms with Gasteiger partial charge in [-0.1, -0.05) is 0 Å². The molecule has 1 amide bonds. The number of rotatable bonds is 2. The first-order valence-corrected chi connectivity index (χ1v) is 8.55. The van der Waals surface area contributed by atoms with Crippen molar-refractivity contribution in [1.82, 2.24) is 14.9 Å². The van der Waals surface area contributed by atoms with E-state index >= 15 is 0 Å². The Kier molecular flexibility index (Phi) is 3.61. The van der Waals surface area contributed by atoms with E-state index in [2.05, 4.69) is 9.97 Å². The minimum Gasteiger partial charge on any atom is -0.351 e. The van der Waals surface area contributed by atoms with Crippen LogP contribution in [-0.2, 0) is 0 Å². The first-order valence-electron chi connectivity index (χ1n) is 7.67. The Morgan fingerprint density at radius 3 is 3.13 bits per heavy atom. The Morgan fingerprint density at radius 1 is 1.39 bits per heavy atom. The first-order chi connectivity index (χ1) is 11.2. The van der Waals surface area contributed by atoms with Crippen LogP contribution in [0, 0.1) is 5.82 Å². The van der Waals surface area contributed by atoms with Crippen LogP contribution in [0.15, 0.2) is 35.8 Å². The van der Waals surface area contributed by atoms with Gasteiger partial charge in [-0.3, -0.25) is 4.79 Å².